The Morgan fingerprint density at radius 3 is 3.00 bits per heavy atom. The molecule has 0 bridgehead atoms. The van der Waals surface area contributed by atoms with Gasteiger partial charge in [0.1, 0.15) is 0 Å². The number of hydrogen-bond acceptors (Lipinski definition) is 4. The van der Waals surface area contributed by atoms with Crippen LogP contribution in [0, 0.1) is 0 Å². The first kappa shape index (κ1) is 12.8. The molecule has 3 rings (SSSR count). The molecule has 1 aliphatic rings. The molecule has 0 N–H and O–H groups in total. The summed E-state index contributed by atoms with van der Waals surface area (Å²) < 4.78 is 5.54. The van der Waals surface area contributed by atoms with Crippen LogP contribution < -0.4 is 0 Å². The fourth-order valence-corrected chi connectivity index (χ4v) is 2.56. The number of rotatable bonds is 3. The van der Waals surface area contributed by atoms with Gasteiger partial charge in [-0.15, -0.1) is 10.2 Å². The molecule has 2 heterocycles. The van der Waals surface area contributed by atoms with Crippen LogP contribution in [0.25, 0.3) is 11.4 Å². The first-order valence-corrected chi connectivity index (χ1v) is 6.83. The molecule has 2 aromatic rings. The third kappa shape index (κ3) is 2.88. The van der Waals surface area contributed by atoms with Crippen molar-refractivity contribution in [2.24, 2.45) is 0 Å². The first-order valence-electron chi connectivity index (χ1n) is 6.07. The van der Waals surface area contributed by atoms with Crippen molar-refractivity contribution in [2.75, 3.05) is 6.61 Å². The predicted molar refractivity (Wildman–Crippen MR) is 72.2 cm³/mol. The van der Waals surface area contributed by atoms with Crippen LogP contribution in [0.5, 0.6) is 0 Å². The Bertz CT molecular complexity index is 581. The van der Waals surface area contributed by atoms with E-state index >= 15 is 0 Å². The van der Waals surface area contributed by atoms with E-state index in [-0.39, 0.29) is 6.10 Å². The van der Waals surface area contributed by atoms with E-state index in [9.17, 15) is 0 Å². The Labute approximate surface area is 120 Å². The summed E-state index contributed by atoms with van der Waals surface area (Å²) in [6.45, 7) is 1.44. The number of benzene rings is 1. The monoisotopic (exact) mass is 298 g/mol. The Kier molecular flexibility index (Phi) is 3.68. The molecule has 1 aromatic carbocycles. The predicted octanol–water partition coefficient (Wildman–Crippen LogP) is 2.83. The molecule has 1 unspecified atom stereocenters. The number of nitrogens with zero attached hydrogens (tertiary/aromatic N) is 4. The highest BCUT2D eigenvalue weighted by atomic mass is 35.5. The molecule has 0 radical (unpaired) electrons. The average Bonchev–Trinajstić information content (AvgIpc) is 3.01. The number of aromatic nitrogens is 4. The van der Waals surface area contributed by atoms with Crippen molar-refractivity contribution in [3.05, 3.63) is 28.2 Å². The molecular formula is C12H12Cl2N4O. The van der Waals surface area contributed by atoms with E-state index in [0.29, 0.717) is 22.4 Å². The largest absolute Gasteiger partial charge is 0.376 e. The maximum absolute atomic E-state index is 6.12. The quantitative estimate of drug-likeness (QED) is 0.874. The average molecular weight is 299 g/mol. The lowest BCUT2D eigenvalue weighted by Gasteiger charge is -2.06. The molecule has 1 saturated heterocycles. The number of ether oxygens (including phenoxy) is 1. The van der Waals surface area contributed by atoms with Gasteiger partial charge in [0.15, 0.2) is 0 Å². The third-order valence-electron chi connectivity index (χ3n) is 3.02. The minimum absolute atomic E-state index is 0.183. The summed E-state index contributed by atoms with van der Waals surface area (Å²) in [5, 5.41) is 13.5. The van der Waals surface area contributed by atoms with Gasteiger partial charge in [0.25, 0.3) is 0 Å². The SMILES string of the molecule is Clc1ccc(-c2nnn(CC3CCCO3)n2)c(Cl)c1. The highest BCUT2D eigenvalue weighted by Gasteiger charge is 2.18. The zero-order valence-corrected chi connectivity index (χ0v) is 11.6. The fourth-order valence-electron chi connectivity index (χ4n) is 2.07. The van der Waals surface area contributed by atoms with Crippen LogP contribution in [-0.2, 0) is 11.3 Å². The van der Waals surface area contributed by atoms with E-state index in [1.165, 1.54) is 0 Å². The maximum Gasteiger partial charge on any atom is 0.206 e. The topological polar surface area (TPSA) is 52.8 Å². The molecule has 0 spiro atoms. The molecule has 0 aliphatic carbocycles. The molecule has 7 heteroatoms. The van der Waals surface area contributed by atoms with E-state index in [1.54, 1.807) is 23.0 Å². The minimum Gasteiger partial charge on any atom is -0.376 e. The van der Waals surface area contributed by atoms with E-state index in [0.717, 1.165) is 25.0 Å². The highest BCUT2D eigenvalue weighted by Crippen LogP contribution is 2.27. The number of tetrazole rings is 1. The molecular weight excluding hydrogens is 287 g/mol. The second kappa shape index (κ2) is 5.45. The van der Waals surface area contributed by atoms with Gasteiger partial charge in [-0.2, -0.15) is 4.80 Å². The maximum atomic E-state index is 6.12. The van der Waals surface area contributed by atoms with Crippen LogP contribution in [0.3, 0.4) is 0 Å². The zero-order chi connectivity index (χ0) is 13.2. The second-order valence-corrected chi connectivity index (χ2v) is 5.27. The lowest BCUT2D eigenvalue weighted by Crippen LogP contribution is -2.17. The zero-order valence-electron chi connectivity index (χ0n) is 10.1. The Morgan fingerprint density at radius 1 is 1.37 bits per heavy atom. The van der Waals surface area contributed by atoms with Gasteiger partial charge in [-0.05, 0) is 36.3 Å². The van der Waals surface area contributed by atoms with Gasteiger partial charge in [0, 0.05) is 17.2 Å². The molecule has 1 aromatic heterocycles. The highest BCUT2D eigenvalue weighted by molar-refractivity contribution is 6.36. The summed E-state index contributed by atoms with van der Waals surface area (Å²) in [6, 6.07) is 5.21. The van der Waals surface area contributed by atoms with Crippen LogP contribution in [0.1, 0.15) is 12.8 Å². The number of halogens is 2. The molecule has 1 fully saturated rings. The minimum atomic E-state index is 0.183. The molecule has 5 nitrogen and oxygen atoms in total. The summed E-state index contributed by atoms with van der Waals surface area (Å²) in [6.07, 6.45) is 2.32. The summed E-state index contributed by atoms with van der Waals surface area (Å²) in [4.78, 5) is 1.55. The van der Waals surface area contributed by atoms with Crippen LogP contribution >= 0.6 is 23.2 Å². The molecule has 0 amide bonds. The molecule has 1 aliphatic heterocycles. The summed E-state index contributed by atoms with van der Waals surface area (Å²) in [5.74, 6) is 0.500. The fraction of sp³-hybridized carbons (Fsp3) is 0.417. The van der Waals surface area contributed by atoms with E-state index in [4.69, 9.17) is 27.9 Å². The number of hydrogen-bond donors (Lipinski definition) is 0. The standard InChI is InChI=1S/C12H12Cl2N4O/c13-8-3-4-10(11(14)6-8)12-15-17-18(16-12)7-9-2-1-5-19-9/h3-4,6,9H,1-2,5,7H2. The van der Waals surface area contributed by atoms with Crippen molar-refractivity contribution < 1.29 is 4.74 Å². The molecule has 19 heavy (non-hydrogen) atoms. The van der Waals surface area contributed by atoms with Crippen molar-refractivity contribution in [1.82, 2.24) is 20.2 Å². The van der Waals surface area contributed by atoms with Gasteiger partial charge >= 0.3 is 0 Å². The summed E-state index contributed by atoms with van der Waals surface area (Å²) in [5.41, 5.74) is 0.727. The van der Waals surface area contributed by atoms with Gasteiger partial charge in [-0.25, -0.2) is 0 Å². The van der Waals surface area contributed by atoms with Crippen molar-refractivity contribution in [2.45, 2.75) is 25.5 Å². The molecule has 1 atom stereocenters. The van der Waals surface area contributed by atoms with Crippen molar-refractivity contribution in [3.8, 4) is 11.4 Å². The van der Waals surface area contributed by atoms with Crippen molar-refractivity contribution >= 4 is 23.2 Å². The third-order valence-corrected chi connectivity index (χ3v) is 3.56. The normalized spacial score (nSPS) is 18.9. The van der Waals surface area contributed by atoms with Gasteiger partial charge in [-0.1, -0.05) is 23.2 Å². The van der Waals surface area contributed by atoms with Crippen LogP contribution in [-0.4, -0.2) is 32.9 Å². The van der Waals surface area contributed by atoms with Crippen molar-refractivity contribution in [3.63, 3.8) is 0 Å². The van der Waals surface area contributed by atoms with Crippen LogP contribution in [0.4, 0.5) is 0 Å². The summed E-state index contributed by atoms with van der Waals surface area (Å²) >= 11 is 12.0. The Morgan fingerprint density at radius 2 is 2.26 bits per heavy atom. The van der Waals surface area contributed by atoms with E-state index in [2.05, 4.69) is 15.4 Å². The molecule has 0 saturated carbocycles. The van der Waals surface area contributed by atoms with Crippen LogP contribution in [0.2, 0.25) is 10.0 Å². The lowest BCUT2D eigenvalue weighted by atomic mass is 10.2. The van der Waals surface area contributed by atoms with Gasteiger partial charge < -0.3 is 4.74 Å². The van der Waals surface area contributed by atoms with E-state index in [1.807, 2.05) is 0 Å². The Balaban J connectivity index is 1.80. The van der Waals surface area contributed by atoms with E-state index < -0.39 is 0 Å². The van der Waals surface area contributed by atoms with Gasteiger partial charge in [0.05, 0.1) is 17.7 Å². The van der Waals surface area contributed by atoms with Gasteiger partial charge in [-0.3, -0.25) is 0 Å². The van der Waals surface area contributed by atoms with Gasteiger partial charge in [0.2, 0.25) is 5.82 Å². The van der Waals surface area contributed by atoms with Crippen LogP contribution in [0.15, 0.2) is 18.2 Å². The lowest BCUT2D eigenvalue weighted by molar-refractivity contribution is 0.0898. The molecule has 100 valence electrons. The smallest absolute Gasteiger partial charge is 0.206 e. The summed E-state index contributed by atoms with van der Waals surface area (Å²) in [7, 11) is 0. The van der Waals surface area contributed by atoms with Crippen molar-refractivity contribution in [1.29, 1.82) is 0 Å². The first-order chi connectivity index (χ1) is 9.22. The Hall–Kier alpha value is -1.17. The second-order valence-electron chi connectivity index (χ2n) is 4.43.